The molecule has 2 heterocycles. The first-order chi connectivity index (χ1) is 10.3. The summed E-state index contributed by atoms with van der Waals surface area (Å²) in [5.74, 6) is 0.528. The van der Waals surface area contributed by atoms with Gasteiger partial charge in [0.25, 0.3) is 5.56 Å². The zero-order chi connectivity index (χ0) is 14.7. The summed E-state index contributed by atoms with van der Waals surface area (Å²) in [6, 6.07) is 11.2. The van der Waals surface area contributed by atoms with Gasteiger partial charge in [0.15, 0.2) is 0 Å². The molecule has 5 heteroatoms. The third kappa shape index (κ3) is 2.98. The minimum Gasteiger partial charge on any atom is -0.374 e. The van der Waals surface area contributed by atoms with Gasteiger partial charge in [-0.3, -0.25) is 9.78 Å². The third-order valence-electron chi connectivity index (χ3n) is 3.14. The highest BCUT2D eigenvalue weighted by Crippen LogP contribution is 2.20. The van der Waals surface area contributed by atoms with E-state index in [4.69, 9.17) is 4.74 Å². The van der Waals surface area contributed by atoms with E-state index in [1.54, 1.807) is 6.20 Å². The Morgan fingerprint density at radius 3 is 3.00 bits per heavy atom. The zero-order valence-electron chi connectivity index (χ0n) is 11.7. The second-order valence-corrected chi connectivity index (χ2v) is 4.63. The van der Waals surface area contributed by atoms with Crippen LogP contribution in [0.15, 0.2) is 47.4 Å². The first-order valence-electron chi connectivity index (χ1n) is 6.79. The predicted molar refractivity (Wildman–Crippen MR) is 80.9 cm³/mol. The van der Waals surface area contributed by atoms with Gasteiger partial charge >= 0.3 is 0 Å². The van der Waals surface area contributed by atoms with Gasteiger partial charge in [0.1, 0.15) is 12.4 Å². The molecule has 0 bridgehead atoms. The van der Waals surface area contributed by atoms with E-state index >= 15 is 0 Å². The topological polar surface area (TPSA) is 67.9 Å². The molecule has 0 saturated carbocycles. The number of pyridine rings is 1. The molecular weight excluding hydrogens is 266 g/mol. The van der Waals surface area contributed by atoms with Crippen LogP contribution in [0.5, 0.6) is 0 Å². The van der Waals surface area contributed by atoms with Crippen molar-refractivity contribution < 1.29 is 4.74 Å². The number of aromatic amines is 1. The quantitative estimate of drug-likeness (QED) is 0.798. The molecule has 21 heavy (non-hydrogen) atoms. The fourth-order valence-electron chi connectivity index (χ4n) is 2.15. The van der Waals surface area contributed by atoms with Crippen molar-refractivity contribution >= 4 is 10.9 Å². The maximum absolute atomic E-state index is 11.7. The van der Waals surface area contributed by atoms with E-state index in [0.29, 0.717) is 24.7 Å². The SMILES string of the molecule is CCOCc1nc(-c2ccc3cccnc3c2)cc(=O)[nH]1. The molecular formula is C16H15N3O2. The Hall–Kier alpha value is -2.53. The molecule has 1 aromatic carbocycles. The molecule has 0 aliphatic rings. The van der Waals surface area contributed by atoms with Crippen molar-refractivity contribution in [2.24, 2.45) is 0 Å². The molecule has 0 aliphatic carbocycles. The van der Waals surface area contributed by atoms with Gasteiger partial charge in [-0.15, -0.1) is 0 Å². The molecule has 0 spiro atoms. The Morgan fingerprint density at radius 1 is 1.24 bits per heavy atom. The number of hydrogen-bond acceptors (Lipinski definition) is 4. The number of benzene rings is 1. The molecule has 3 aromatic rings. The predicted octanol–water partition coefficient (Wildman–Crippen LogP) is 2.52. The molecule has 106 valence electrons. The second kappa shape index (κ2) is 5.85. The van der Waals surface area contributed by atoms with E-state index < -0.39 is 0 Å². The third-order valence-corrected chi connectivity index (χ3v) is 3.14. The number of nitrogens with one attached hydrogen (secondary N) is 1. The van der Waals surface area contributed by atoms with Gasteiger partial charge in [-0.05, 0) is 19.1 Å². The fourth-order valence-corrected chi connectivity index (χ4v) is 2.15. The minimum atomic E-state index is -0.184. The number of nitrogens with zero attached hydrogens (tertiary/aromatic N) is 2. The van der Waals surface area contributed by atoms with Crippen molar-refractivity contribution in [2.75, 3.05) is 6.61 Å². The largest absolute Gasteiger partial charge is 0.374 e. The lowest BCUT2D eigenvalue weighted by Gasteiger charge is -2.05. The number of ether oxygens (including phenoxy) is 1. The Bertz CT molecular complexity index is 827. The highest BCUT2D eigenvalue weighted by Gasteiger charge is 2.05. The van der Waals surface area contributed by atoms with Crippen LogP contribution in [-0.4, -0.2) is 21.6 Å². The maximum atomic E-state index is 11.7. The van der Waals surface area contributed by atoms with E-state index in [2.05, 4.69) is 15.0 Å². The molecule has 0 saturated heterocycles. The van der Waals surface area contributed by atoms with Crippen LogP contribution in [0, 0.1) is 0 Å². The highest BCUT2D eigenvalue weighted by atomic mass is 16.5. The lowest BCUT2D eigenvalue weighted by Crippen LogP contribution is -2.12. The Morgan fingerprint density at radius 2 is 2.14 bits per heavy atom. The molecule has 5 nitrogen and oxygen atoms in total. The van der Waals surface area contributed by atoms with Crippen LogP contribution in [0.2, 0.25) is 0 Å². The van der Waals surface area contributed by atoms with Crippen LogP contribution in [0.4, 0.5) is 0 Å². The first-order valence-corrected chi connectivity index (χ1v) is 6.79. The van der Waals surface area contributed by atoms with Gasteiger partial charge in [0, 0.05) is 29.8 Å². The summed E-state index contributed by atoms with van der Waals surface area (Å²) in [4.78, 5) is 23.2. The van der Waals surface area contributed by atoms with Crippen molar-refractivity contribution in [2.45, 2.75) is 13.5 Å². The van der Waals surface area contributed by atoms with Crippen molar-refractivity contribution in [1.29, 1.82) is 0 Å². The Kier molecular flexibility index (Phi) is 3.75. The molecule has 1 N–H and O–H groups in total. The summed E-state index contributed by atoms with van der Waals surface area (Å²) < 4.78 is 5.29. The van der Waals surface area contributed by atoms with Gasteiger partial charge in [0.05, 0.1) is 11.2 Å². The van der Waals surface area contributed by atoms with Crippen LogP contribution in [-0.2, 0) is 11.3 Å². The van der Waals surface area contributed by atoms with Crippen molar-refractivity contribution in [3.8, 4) is 11.3 Å². The average molecular weight is 281 g/mol. The normalized spacial score (nSPS) is 10.9. The summed E-state index contributed by atoms with van der Waals surface area (Å²) in [5, 5.41) is 1.06. The Labute approximate surface area is 121 Å². The summed E-state index contributed by atoms with van der Waals surface area (Å²) in [6.07, 6.45) is 1.75. The molecule has 0 amide bonds. The van der Waals surface area contributed by atoms with E-state index in [-0.39, 0.29) is 5.56 Å². The molecule has 0 radical (unpaired) electrons. The van der Waals surface area contributed by atoms with Gasteiger partial charge < -0.3 is 9.72 Å². The summed E-state index contributed by atoms with van der Waals surface area (Å²) >= 11 is 0. The number of rotatable bonds is 4. The minimum absolute atomic E-state index is 0.184. The lowest BCUT2D eigenvalue weighted by atomic mass is 10.1. The number of H-pyrrole nitrogens is 1. The number of fused-ring (bicyclic) bond motifs is 1. The summed E-state index contributed by atoms with van der Waals surface area (Å²) in [6.45, 7) is 2.77. The number of hydrogen-bond donors (Lipinski definition) is 1. The van der Waals surface area contributed by atoms with Crippen LogP contribution >= 0.6 is 0 Å². The van der Waals surface area contributed by atoms with E-state index in [0.717, 1.165) is 16.5 Å². The fraction of sp³-hybridized carbons (Fsp3) is 0.188. The van der Waals surface area contributed by atoms with Crippen molar-refractivity contribution in [3.63, 3.8) is 0 Å². The standard InChI is InChI=1S/C16H15N3O2/c1-2-21-10-15-18-14(9-16(20)19-15)12-6-5-11-4-3-7-17-13(11)8-12/h3-9H,2,10H2,1H3,(H,18,19,20). The smallest absolute Gasteiger partial charge is 0.251 e. The van der Waals surface area contributed by atoms with Gasteiger partial charge in [-0.25, -0.2) is 4.98 Å². The van der Waals surface area contributed by atoms with Crippen LogP contribution < -0.4 is 5.56 Å². The molecule has 0 unspecified atom stereocenters. The number of aromatic nitrogens is 3. The van der Waals surface area contributed by atoms with E-state index in [1.807, 2.05) is 37.3 Å². The monoisotopic (exact) mass is 281 g/mol. The van der Waals surface area contributed by atoms with Crippen LogP contribution in [0.1, 0.15) is 12.7 Å². The van der Waals surface area contributed by atoms with E-state index in [9.17, 15) is 4.79 Å². The Balaban J connectivity index is 2.04. The lowest BCUT2D eigenvalue weighted by molar-refractivity contribution is 0.128. The highest BCUT2D eigenvalue weighted by molar-refractivity contribution is 5.83. The van der Waals surface area contributed by atoms with Gasteiger partial charge in [0.2, 0.25) is 0 Å². The van der Waals surface area contributed by atoms with Crippen LogP contribution in [0.3, 0.4) is 0 Å². The van der Waals surface area contributed by atoms with Crippen molar-refractivity contribution in [3.05, 3.63) is 58.8 Å². The molecule has 0 atom stereocenters. The zero-order valence-corrected chi connectivity index (χ0v) is 11.7. The maximum Gasteiger partial charge on any atom is 0.251 e. The molecule has 0 fully saturated rings. The second-order valence-electron chi connectivity index (χ2n) is 4.63. The summed E-state index contributed by atoms with van der Waals surface area (Å²) in [5.41, 5.74) is 2.19. The molecule has 2 aromatic heterocycles. The van der Waals surface area contributed by atoms with Crippen molar-refractivity contribution in [1.82, 2.24) is 15.0 Å². The molecule has 0 aliphatic heterocycles. The van der Waals surface area contributed by atoms with Gasteiger partial charge in [-0.2, -0.15) is 0 Å². The average Bonchev–Trinajstić information content (AvgIpc) is 2.52. The van der Waals surface area contributed by atoms with Gasteiger partial charge in [-0.1, -0.05) is 18.2 Å². The first kappa shape index (κ1) is 13.5. The van der Waals surface area contributed by atoms with Crippen LogP contribution in [0.25, 0.3) is 22.2 Å². The van der Waals surface area contributed by atoms with E-state index in [1.165, 1.54) is 6.07 Å². The summed E-state index contributed by atoms with van der Waals surface area (Å²) in [7, 11) is 0. The molecule has 3 rings (SSSR count).